The molecule has 1 saturated heterocycles. The maximum atomic E-state index is 5.71. The monoisotopic (exact) mass is 250 g/mol. The molecule has 0 amide bonds. The van der Waals surface area contributed by atoms with Gasteiger partial charge in [0.1, 0.15) is 0 Å². The summed E-state index contributed by atoms with van der Waals surface area (Å²) in [6, 6.07) is 2.31. The molecule has 2 fully saturated rings. The highest BCUT2D eigenvalue weighted by molar-refractivity contribution is 7.12. The van der Waals surface area contributed by atoms with Gasteiger partial charge < -0.3 is 5.73 Å². The smallest absolute Gasteiger partial charge is 0.0274 e. The Labute approximate surface area is 108 Å². The summed E-state index contributed by atoms with van der Waals surface area (Å²) in [5.41, 5.74) is 7.22. The summed E-state index contributed by atoms with van der Waals surface area (Å²) in [5, 5.41) is 0. The van der Waals surface area contributed by atoms with Gasteiger partial charge in [-0.3, -0.25) is 4.90 Å². The predicted molar refractivity (Wildman–Crippen MR) is 73.1 cm³/mol. The Balaban J connectivity index is 1.65. The average molecular weight is 250 g/mol. The Hall–Kier alpha value is -0.380. The fraction of sp³-hybridized carbons (Fsp3) is 0.714. The van der Waals surface area contributed by atoms with Crippen molar-refractivity contribution in [3.63, 3.8) is 0 Å². The summed E-state index contributed by atoms with van der Waals surface area (Å²) in [7, 11) is 0. The average Bonchev–Trinajstić information content (AvgIpc) is 2.94. The zero-order valence-corrected chi connectivity index (χ0v) is 11.4. The zero-order chi connectivity index (χ0) is 11.8. The van der Waals surface area contributed by atoms with E-state index in [1.807, 2.05) is 11.3 Å². The maximum absolute atomic E-state index is 5.71. The van der Waals surface area contributed by atoms with Gasteiger partial charge in [0, 0.05) is 35.9 Å². The van der Waals surface area contributed by atoms with Gasteiger partial charge in [-0.25, -0.2) is 0 Å². The molecule has 1 aliphatic carbocycles. The highest BCUT2D eigenvalue weighted by atomic mass is 32.1. The maximum Gasteiger partial charge on any atom is 0.0274 e. The fourth-order valence-electron chi connectivity index (χ4n) is 3.55. The van der Waals surface area contributed by atoms with Gasteiger partial charge in [-0.15, -0.1) is 11.3 Å². The predicted octanol–water partition coefficient (Wildman–Crippen LogP) is 2.75. The van der Waals surface area contributed by atoms with Gasteiger partial charge in [-0.2, -0.15) is 0 Å². The Morgan fingerprint density at radius 1 is 1.35 bits per heavy atom. The number of fused-ring (bicyclic) bond motifs is 1. The SMILES string of the molecule is Cc1sc(CN)cc1CN1CC2CCCC2C1. The highest BCUT2D eigenvalue weighted by Gasteiger charge is 2.35. The van der Waals surface area contributed by atoms with E-state index in [2.05, 4.69) is 17.9 Å². The summed E-state index contributed by atoms with van der Waals surface area (Å²) in [4.78, 5) is 5.45. The lowest BCUT2D eigenvalue weighted by Gasteiger charge is -2.16. The molecule has 2 unspecified atom stereocenters. The van der Waals surface area contributed by atoms with E-state index in [-0.39, 0.29) is 0 Å². The van der Waals surface area contributed by atoms with Crippen molar-refractivity contribution >= 4 is 11.3 Å². The largest absolute Gasteiger partial charge is 0.326 e. The van der Waals surface area contributed by atoms with E-state index in [4.69, 9.17) is 5.73 Å². The minimum absolute atomic E-state index is 0.691. The molecule has 0 aromatic carbocycles. The number of aryl methyl sites for hydroxylation is 1. The summed E-state index contributed by atoms with van der Waals surface area (Å²) in [5.74, 6) is 2.01. The Kier molecular flexibility index (Phi) is 3.24. The van der Waals surface area contributed by atoms with Crippen LogP contribution < -0.4 is 5.73 Å². The first-order chi connectivity index (χ1) is 8.26. The number of thiophene rings is 1. The summed E-state index contributed by atoms with van der Waals surface area (Å²) >= 11 is 1.87. The van der Waals surface area contributed by atoms with E-state index in [1.165, 1.54) is 47.7 Å². The van der Waals surface area contributed by atoms with Crippen LogP contribution in [0.2, 0.25) is 0 Å². The van der Waals surface area contributed by atoms with Gasteiger partial charge >= 0.3 is 0 Å². The molecule has 2 N–H and O–H groups in total. The van der Waals surface area contributed by atoms with Crippen LogP contribution in [0, 0.1) is 18.8 Å². The van der Waals surface area contributed by atoms with E-state index in [0.717, 1.165) is 18.4 Å². The molecule has 0 spiro atoms. The molecule has 1 saturated carbocycles. The molecule has 2 aliphatic rings. The first kappa shape index (κ1) is 11.7. The molecule has 2 atom stereocenters. The second-order valence-electron chi connectivity index (χ2n) is 5.64. The molecule has 0 radical (unpaired) electrons. The molecule has 2 nitrogen and oxygen atoms in total. The van der Waals surface area contributed by atoms with Crippen molar-refractivity contribution in [3.8, 4) is 0 Å². The molecule has 1 aromatic heterocycles. The lowest BCUT2D eigenvalue weighted by Crippen LogP contribution is -2.21. The van der Waals surface area contributed by atoms with E-state index in [0.29, 0.717) is 6.54 Å². The van der Waals surface area contributed by atoms with Gasteiger partial charge in [-0.1, -0.05) is 6.42 Å². The number of rotatable bonds is 3. The van der Waals surface area contributed by atoms with Crippen LogP contribution in [0.1, 0.15) is 34.6 Å². The quantitative estimate of drug-likeness (QED) is 0.894. The van der Waals surface area contributed by atoms with Crippen molar-refractivity contribution in [3.05, 3.63) is 21.4 Å². The molecule has 1 aromatic rings. The third-order valence-corrected chi connectivity index (χ3v) is 5.58. The van der Waals surface area contributed by atoms with E-state index < -0.39 is 0 Å². The van der Waals surface area contributed by atoms with Crippen LogP contribution in [0.5, 0.6) is 0 Å². The number of likely N-dealkylation sites (tertiary alicyclic amines) is 1. The topological polar surface area (TPSA) is 29.3 Å². The van der Waals surface area contributed by atoms with Gasteiger partial charge in [0.05, 0.1) is 0 Å². The van der Waals surface area contributed by atoms with Crippen molar-refractivity contribution in [2.75, 3.05) is 13.1 Å². The van der Waals surface area contributed by atoms with Crippen LogP contribution >= 0.6 is 11.3 Å². The lowest BCUT2D eigenvalue weighted by molar-refractivity contribution is 0.303. The lowest BCUT2D eigenvalue weighted by atomic mass is 10.0. The highest BCUT2D eigenvalue weighted by Crippen LogP contribution is 2.38. The van der Waals surface area contributed by atoms with Crippen LogP contribution in [-0.2, 0) is 13.1 Å². The Morgan fingerprint density at radius 3 is 2.65 bits per heavy atom. The summed E-state index contributed by atoms with van der Waals surface area (Å²) in [6.45, 7) is 6.73. The first-order valence-corrected chi connectivity index (χ1v) is 7.58. The van der Waals surface area contributed by atoms with Gasteiger partial charge in [0.15, 0.2) is 0 Å². The molecule has 3 rings (SSSR count). The molecular formula is C14H22N2S. The van der Waals surface area contributed by atoms with Crippen LogP contribution in [0.3, 0.4) is 0 Å². The van der Waals surface area contributed by atoms with E-state index in [9.17, 15) is 0 Å². The second kappa shape index (κ2) is 4.71. The van der Waals surface area contributed by atoms with Gasteiger partial charge in [0.25, 0.3) is 0 Å². The first-order valence-electron chi connectivity index (χ1n) is 6.77. The summed E-state index contributed by atoms with van der Waals surface area (Å²) < 4.78 is 0. The van der Waals surface area contributed by atoms with Crippen molar-refractivity contribution in [2.24, 2.45) is 17.6 Å². The molecule has 0 bridgehead atoms. The molecule has 94 valence electrons. The van der Waals surface area contributed by atoms with Crippen molar-refractivity contribution in [1.82, 2.24) is 4.90 Å². The van der Waals surface area contributed by atoms with E-state index in [1.54, 1.807) is 0 Å². The normalized spacial score (nSPS) is 28.8. The van der Waals surface area contributed by atoms with E-state index >= 15 is 0 Å². The van der Waals surface area contributed by atoms with Crippen LogP contribution in [0.15, 0.2) is 6.07 Å². The molecule has 2 heterocycles. The van der Waals surface area contributed by atoms with Gasteiger partial charge in [-0.05, 0) is 43.2 Å². The van der Waals surface area contributed by atoms with Crippen LogP contribution in [-0.4, -0.2) is 18.0 Å². The van der Waals surface area contributed by atoms with Crippen molar-refractivity contribution < 1.29 is 0 Å². The molecule has 17 heavy (non-hydrogen) atoms. The van der Waals surface area contributed by atoms with Crippen LogP contribution in [0.4, 0.5) is 0 Å². The Morgan fingerprint density at radius 2 is 2.06 bits per heavy atom. The number of hydrogen-bond donors (Lipinski definition) is 1. The van der Waals surface area contributed by atoms with Crippen LogP contribution in [0.25, 0.3) is 0 Å². The fourth-order valence-corrected chi connectivity index (χ4v) is 4.48. The number of nitrogens with two attached hydrogens (primary N) is 1. The molecule has 3 heteroatoms. The second-order valence-corrected chi connectivity index (χ2v) is 6.98. The zero-order valence-electron chi connectivity index (χ0n) is 10.6. The molecular weight excluding hydrogens is 228 g/mol. The van der Waals surface area contributed by atoms with Gasteiger partial charge in [0.2, 0.25) is 0 Å². The van der Waals surface area contributed by atoms with Crippen molar-refractivity contribution in [2.45, 2.75) is 39.3 Å². The third kappa shape index (κ3) is 2.28. The standard InChI is InChI=1S/C14H22N2S/c1-10-13(5-14(6-15)17-10)9-16-7-11-3-2-4-12(11)8-16/h5,11-12H,2-4,6-9,15H2,1H3. The summed E-state index contributed by atoms with van der Waals surface area (Å²) in [6.07, 6.45) is 4.41. The molecule has 1 aliphatic heterocycles. The minimum Gasteiger partial charge on any atom is -0.326 e. The minimum atomic E-state index is 0.691. The number of nitrogens with zero attached hydrogens (tertiary/aromatic N) is 1. The number of hydrogen-bond acceptors (Lipinski definition) is 3. The Bertz CT molecular complexity index is 387. The third-order valence-electron chi connectivity index (χ3n) is 4.47. The van der Waals surface area contributed by atoms with Crippen molar-refractivity contribution in [1.29, 1.82) is 0 Å².